The topological polar surface area (TPSA) is 51.1 Å². The van der Waals surface area contributed by atoms with Crippen LogP contribution in [-0.2, 0) is 7.05 Å². The zero-order chi connectivity index (χ0) is 13.8. The van der Waals surface area contributed by atoms with Gasteiger partial charge in [0, 0.05) is 36.1 Å². The minimum atomic E-state index is -0.341. The second-order valence-corrected chi connectivity index (χ2v) is 4.04. The number of aryl methyl sites for hydroxylation is 1. The van der Waals surface area contributed by atoms with Crippen LogP contribution in [0.2, 0.25) is 0 Å². The molecule has 0 aliphatic carbocycles. The number of pyridine rings is 1. The van der Waals surface area contributed by atoms with Crippen molar-refractivity contribution in [1.82, 2.24) is 4.57 Å². The Morgan fingerprint density at radius 3 is 2.79 bits per heavy atom. The number of hydrogen-bond acceptors (Lipinski definition) is 2. The molecule has 0 saturated carbocycles. The minimum absolute atomic E-state index is 0.231. The van der Waals surface area contributed by atoms with Crippen LogP contribution in [-0.4, -0.2) is 10.5 Å². The van der Waals surface area contributed by atoms with Crippen LogP contribution in [0.5, 0.6) is 0 Å². The molecule has 4 nitrogen and oxygen atoms in total. The van der Waals surface area contributed by atoms with Gasteiger partial charge in [-0.2, -0.15) is 0 Å². The van der Waals surface area contributed by atoms with E-state index in [0.29, 0.717) is 16.8 Å². The van der Waals surface area contributed by atoms with Crippen molar-refractivity contribution < 1.29 is 4.79 Å². The lowest BCUT2D eigenvalue weighted by molar-refractivity contribution is 0.102. The molecule has 1 N–H and O–H groups in total. The first-order valence-corrected chi connectivity index (χ1v) is 5.65. The van der Waals surface area contributed by atoms with Gasteiger partial charge in [0.25, 0.3) is 11.5 Å². The van der Waals surface area contributed by atoms with E-state index < -0.39 is 0 Å². The molecule has 0 unspecified atom stereocenters. The lowest BCUT2D eigenvalue weighted by atomic mass is 10.2. The maximum Gasteiger partial charge on any atom is 0.255 e. The Morgan fingerprint density at radius 2 is 2.11 bits per heavy atom. The summed E-state index contributed by atoms with van der Waals surface area (Å²) in [6.07, 6.45) is 6.84. The van der Waals surface area contributed by atoms with Crippen molar-refractivity contribution in [1.29, 1.82) is 0 Å². The Bertz CT molecular complexity index is 723. The highest BCUT2D eigenvalue weighted by Gasteiger charge is 2.07. The second kappa shape index (κ2) is 5.23. The van der Waals surface area contributed by atoms with Gasteiger partial charge in [0.1, 0.15) is 0 Å². The number of anilines is 1. The van der Waals surface area contributed by atoms with Crippen molar-refractivity contribution in [3.8, 4) is 12.3 Å². The first-order valence-electron chi connectivity index (χ1n) is 5.65. The largest absolute Gasteiger partial charge is 0.322 e. The van der Waals surface area contributed by atoms with E-state index in [1.165, 1.54) is 10.6 Å². The summed E-state index contributed by atoms with van der Waals surface area (Å²) in [5, 5.41) is 2.70. The molecule has 0 bridgehead atoms. The number of rotatable bonds is 2. The molecule has 94 valence electrons. The Hall–Kier alpha value is -2.80. The van der Waals surface area contributed by atoms with Crippen LogP contribution >= 0.6 is 0 Å². The average Bonchev–Trinajstić information content (AvgIpc) is 2.42. The summed E-state index contributed by atoms with van der Waals surface area (Å²) in [4.78, 5) is 23.4. The molecule has 1 heterocycles. The molecule has 1 aromatic heterocycles. The highest BCUT2D eigenvalue weighted by atomic mass is 16.2. The van der Waals surface area contributed by atoms with Crippen LogP contribution in [0.1, 0.15) is 15.9 Å². The first kappa shape index (κ1) is 12.7. The van der Waals surface area contributed by atoms with E-state index in [0.717, 1.165) is 0 Å². The monoisotopic (exact) mass is 252 g/mol. The number of nitrogens with zero attached hydrogens (tertiary/aromatic N) is 1. The molecule has 2 rings (SSSR count). The van der Waals surface area contributed by atoms with Crippen molar-refractivity contribution in [2.75, 3.05) is 5.32 Å². The molecule has 0 spiro atoms. The number of carbonyl (C=O) groups excluding carboxylic acids is 1. The van der Waals surface area contributed by atoms with E-state index in [4.69, 9.17) is 6.42 Å². The average molecular weight is 252 g/mol. The van der Waals surface area contributed by atoms with Crippen molar-refractivity contribution in [2.24, 2.45) is 7.05 Å². The molecule has 2 aromatic rings. The Morgan fingerprint density at radius 1 is 1.32 bits per heavy atom. The lowest BCUT2D eigenvalue weighted by Gasteiger charge is -2.06. The lowest BCUT2D eigenvalue weighted by Crippen LogP contribution is -2.19. The Kier molecular flexibility index (Phi) is 3.48. The molecule has 1 amide bonds. The van der Waals surface area contributed by atoms with Crippen LogP contribution in [0.25, 0.3) is 0 Å². The summed E-state index contributed by atoms with van der Waals surface area (Å²) in [7, 11) is 1.63. The molecule has 0 radical (unpaired) electrons. The van der Waals surface area contributed by atoms with Crippen molar-refractivity contribution >= 4 is 11.6 Å². The quantitative estimate of drug-likeness (QED) is 0.826. The van der Waals surface area contributed by atoms with E-state index in [1.54, 1.807) is 43.6 Å². The fourth-order valence-electron chi connectivity index (χ4n) is 1.58. The predicted molar refractivity (Wildman–Crippen MR) is 74.0 cm³/mol. The van der Waals surface area contributed by atoms with Crippen molar-refractivity contribution in [3.05, 3.63) is 64.1 Å². The number of carbonyl (C=O) groups is 1. The van der Waals surface area contributed by atoms with E-state index >= 15 is 0 Å². The fourth-order valence-corrected chi connectivity index (χ4v) is 1.58. The van der Waals surface area contributed by atoms with Gasteiger partial charge in [-0.05, 0) is 24.3 Å². The number of benzene rings is 1. The maximum atomic E-state index is 12.0. The Balaban J connectivity index is 2.23. The first-order chi connectivity index (χ1) is 9.10. The molecule has 0 saturated heterocycles. The number of amides is 1. The Labute approximate surface area is 110 Å². The van der Waals surface area contributed by atoms with Gasteiger partial charge in [0.2, 0.25) is 0 Å². The summed E-state index contributed by atoms with van der Waals surface area (Å²) in [5.74, 6) is 2.15. The fraction of sp³-hybridized carbons (Fsp3) is 0.0667. The van der Waals surface area contributed by atoms with Gasteiger partial charge < -0.3 is 9.88 Å². The van der Waals surface area contributed by atoms with Gasteiger partial charge >= 0.3 is 0 Å². The third kappa shape index (κ3) is 2.90. The molecule has 0 aliphatic heterocycles. The standard InChI is InChI=1S/C15H12N2O2/c1-3-11-5-4-6-13(9-11)16-15(19)12-7-8-17(2)14(18)10-12/h1,4-10H,2H3,(H,16,19). The molecular weight excluding hydrogens is 240 g/mol. The van der Waals surface area contributed by atoms with Crippen LogP contribution in [0, 0.1) is 12.3 Å². The summed E-state index contributed by atoms with van der Waals surface area (Å²) < 4.78 is 1.40. The van der Waals surface area contributed by atoms with E-state index in [9.17, 15) is 9.59 Å². The molecule has 1 aromatic carbocycles. The van der Waals surface area contributed by atoms with E-state index in [2.05, 4.69) is 11.2 Å². The zero-order valence-corrected chi connectivity index (χ0v) is 10.4. The third-order valence-electron chi connectivity index (χ3n) is 2.65. The molecule has 0 aliphatic rings. The molecule has 4 heteroatoms. The number of nitrogens with one attached hydrogen (secondary N) is 1. The maximum absolute atomic E-state index is 12.0. The predicted octanol–water partition coefficient (Wildman–Crippen LogP) is 1.62. The van der Waals surface area contributed by atoms with Gasteiger partial charge in [-0.25, -0.2) is 0 Å². The third-order valence-corrected chi connectivity index (χ3v) is 2.65. The van der Waals surface area contributed by atoms with Crippen LogP contribution in [0.4, 0.5) is 5.69 Å². The van der Waals surface area contributed by atoms with Crippen LogP contribution in [0.15, 0.2) is 47.4 Å². The van der Waals surface area contributed by atoms with E-state index in [-0.39, 0.29) is 11.5 Å². The van der Waals surface area contributed by atoms with Crippen molar-refractivity contribution in [3.63, 3.8) is 0 Å². The highest BCUT2D eigenvalue weighted by Crippen LogP contribution is 2.11. The van der Waals surface area contributed by atoms with Gasteiger partial charge in [0.05, 0.1) is 0 Å². The molecule has 19 heavy (non-hydrogen) atoms. The number of aromatic nitrogens is 1. The summed E-state index contributed by atoms with van der Waals surface area (Å²) in [5.41, 5.74) is 1.36. The zero-order valence-electron chi connectivity index (χ0n) is 10.4. The highest BCUT2D eigenvalue weighted by molar-refractivity contribution is 6.04. The van der Waals surface area contributed by atoms with Gasteiger partial charge in [-0.3, -0.25) is 9.59 Å². The number of hydrogen-bond donors (Lipinski definition) is 1. The second-order valence-electron chi connectivity index (χ2n) is 4.04. The van der Waals surface area contributed by atoms with Crippen LogP contribution < -0.4 is 10.9 Å². The molecule has 0 atom stereocenters. The summed E-state index contributed by atoms with van der Waals surface area (Å²) in [6.45, 7) is 0. The molecular formula is C15H12N2O2. The van der Waals surface area contributed by atoms with Crippen LogP contribution in [0.3, 0.4) is 0 Å². The van der Waals surface area contributed by atoms with Gasteiger partial charge in [-0.15, -0.1) is 6.42 Å². The van der Waals surface area contributed by atoms with Gasteiger partial charge in [-0.1, -0.05) is 12.0 Å². The SMILES string of the molecule is C#Cc1cccc(NC(=O)c2ccn(C)c(=O)c2)c1. The summed E-state index contributed by atoms with van der Waals surface area (Å²) in [6, 6.07) is 9.84. The van der Waals surface area contributed by atoms with Crippen molar-refractivity contribution in [2.45, 2.75) is 0 Å². The minimum Gasteiger partial charge on any atom is -0.322 e. The smallest absolute Gasteiger partial charge is 0.255 e. The summed E-state index contributed by atoms with van der Waals surface area (Å²) >= 11 is 0. The normalized spacial score (nSPS) is 9.68. The van der Waals surface area contributed by atoms with Gasteiger partial charge in [0.15, 0.2) is 0 Å². The van der Waals surface area contributed by atoms with E-state index in [1.807, 2.05) is 0 Å². The molecule has 0 fully saturated rings. The number of terminal acetylenes is 1.